The highest BCUT2D eigenvalue weighted by Crippen LogP contribution is 1.89. The number of rotatable bonds is 3. The summed E-state index contributed by atoms with van der Waals surface area (Å²) in [6.45, 7) is 2.45. The van der Waals surface area contributed by atoms with Gasteiger partial charge in [-0.3, -0.25) is 9.59 Å². The third kappa shape index (κ3) is 3.14. The highest BCUT2D eigenvalue weighted by atomic mass is 16.5. The van der Waals surface area contributed by atoms with Gasteiger partial charge in [0.2, 0.25) is 0 Å². The van der Waals surface area contributed by atoms with Gasteiger partial charge in [-0.15, -0.1) is 0 Å². The van der Waals surface area contributed by atoms with Gasteiger partial charge in [-0.25, -0.2) is 4.79 Å². The van der Waals surface area contributed by atoms with Crippen molar-refractivity contribution >= 4 is 17.7 Å². The maximum atomic E-state index is 10.7. The molecule has 0 aliphatic carbocycles. The average molecular weight is 173 g/mol. The second-order valence-corrected chi connectivity index (χ2v) is 2.29. The van der Waals surface area contributed by atoms with E-state index >= 15 is 0 Å². The molecule has 0 atom stereocenters. The van der Waals surface area contributed by atoms with Gasteiger partial charge in [0.15, 0.2) is 11.6 Å². The summed E-state index contributed by atoms with van der Waals surface area (Å²) < 4.78 is 4.23. The van der Waals surface area contributed by atoms with Crippen LogP contribution in [0.1, 0.15) is 13.8 Å². The lowest BCUT2D eigenvalue weighted by atomic mass is 10.1. The molecule has 0 aromatic heterocycles. The maximum Gasteiger partial charge on any atom is 0.407 e. The Morgan fingerprint density at radius 3 is 1.83 bits per heavy atom. The molecule has 0 fully saturated rings. The maximum absolute atomic E-state index is 10.7. The fourth-order valence-electron chi connectivity index (χ4n) is 0.666. The molecule has 5 heteroatoms. The summed E-state index contributed by atoms with van der Waals surface area (Å²) in [7, 11) is 1.16. The van der Waals surface area contributed by atoms with Crippen LogP contribution in [-0.2, 0) is 14.3 Å². The van der Waals surface area contributed by atoms with E-state index in [4.69, 9.17) is 0 Å². The van der Waals surface area contributed by atoms with Crippen LogP contribution in [0.15, 0.2) is 0 Å². The van der Waals surface area contributed by atoms with Gasteiger partial charge in [0.1, 0.15) is 6.04 Å². The smallest absolute Gasteiger partial charge is 0.407 e. The zero-order chi connectivity index (χ0) is 9.72. The first kappa shape index (κ1) is 10.6. The number of nitrogens with one attached hydrogen (secondary N) is 1. The molecule has 5 nitrogen and oxygen atoms in total. The molecule has 0 saturated heterocycles. The van der Waals surface area contributed by atoms with Crippen LogP contribution in [0.25, 0.3) is 0 Å². The minimum atomic E-state index is -1.09. The van der Waals surface area contributed by atoms with E-state index in [9.17, 15) is 14.4 Å². The van der Waals surface area contributed by atoms with Gasteiger partial charge in [0, 0.05) is 0 Å². The molecule has 0 aromatic carbocycles. The number of carbonyl (C=O) groups excluding carboxylic acids is 3. The van der Waals surface area contributed by atoms with Crippen LogP contribution < -0.4 is 5.32 Å². The molecular formula is C7H11NO4. The van der Waals surface area contributed by atoms with Gasteiger partial charge >= 0.3 is 6.09 Å². The van der Waals surface area contributed by atoms with Gasteiger partial charge < -0.3 is 10.1 Å². The zero-order valence-corrected chi connectivity index (χ0v) is 7.21. The molecule has 0 radical (unpaired) electrons. The van der Waals surface area contributed by atoms with Crippen LogP contribution in [0.2, 0.25) is 0 Å². The summed E-state index contributed by atoms with van der Waals surface area (Å²) in [6, 6.07) is -1.09. The summed E-state index contributed by atoms with van der Waals surface area (Å²) in [5.74, 6) is -0.819. The lowest BCUT2D eigenvalue weighted by molar-refractivity contribution is -0.127. The Kier molecular flexibility index (Phi) is 3.96. The van der Waals surface area contributed by atoms with Gasteiger partial charge in [-0.1, -0.05) is 0 Å². The molecule has 0 rings (SSSR count). The second kappa shape index (κ2) is 4.48. The zero-order valence-electron chi connectivity index (χ0n) is 7.21. The molecule has 12 heavy (non-hydrogen) atoms. The van der Waals surface area contributed by atoms with E-state index in [0.717, 1.165) is 7.11 Å². The summed E-state index contributed by atoms with van der Waals surface area (Å²) >= 11 is 0. The number of Topliss-reactive ketones (excluding diaryl/α,β-unsaturated/α-hetero) is 2. The molecule has 0 heterocycles. The van der Waals surface area contributed by atoms with E-state index < -0.39 is 23.7 Å². The fourth-order valence-corrected chi connectivity index (χ4v) is 0.666. The van der Waals surface area contributed by atoms with Crippen molar-refractivity contribution in [3.63, 3.8) is 0 Å². The fraction of sp³-hybridized carbons (Fsp3) is 0.571. The van der Waals surface area contributed by atoms with Gasteiger partial charge in [0.05, 0.1) is 7.11 Å². The number of alkyl carbamates (subject to hydrolysis) is 1. The highest BCUT2D eigenvalue weighted by molar-refractivity contribution is 6.06. The molecule has 0 aliphatic heterocycles. The Balaban J connectivity index is 4.24. The first-order valence-electron chi connectivity index (χ1n) is 3.34. The van der Waals surface area contributed by atoms with E-state index in [1.807, 2.05) is 0 Å². The summed E-state index contributed by atoms with van der Waals surface area (Å²) in [6.07, 6.45) is -0.787. The standard InChI is InChI=1S/C7H11NO4/c1-4(9)6(5(2)10)8-7(11)12-3/h6H,1-3H3,(H,8,11). The van der Waals surface area contributed by atoms with Crippen LogP contribution in [0.3, 0.4) is 0 Å². The topological polar surface area (TPSA) is 72.5 Å². The number of ether oxygens (including phenoxy) is 1. The normalized spacial score (nSPS) is 9.33. The molecule has 0 spiro atoms. The van der Waals surface area contributed by atoms with Crippen molar-refractivity contribution < 1.29 is 19.1 Å². The first-order chi connectivity index (χ1) is 5.49. The third-order valence-corrected chi connectivity index (χ3v) is 1.26. The predicted molar refractivity (Wildman–Crippen MR) is 40.7 cm³/mol. The number of amides is 1. The second-order valence-electron chi connectivity index (χ2n) is 2.29. The van der Waals surface area contributed by atoms with Crippen molar-refractivity contribution in [2.45, 2.75) is 19.9 Å². The summed E-state index contributed by atoms with van der Waals surface area (Å²) in [5.41, 5.74) is 0. The van der Waals surface area contributed by atoms with Gasteiger partial charge in [-0.2, -0.15) is 0 Å². The molecule has 68 valence electrons. The molecule has 1 amide bonds. The molecule has 0 bridgehead atoms. The minimum Gasteiger partial charge on any atom is -0.453 e. The van der Waals surface area contributed by atoms with E-state index in [2.05, 4.69) is 10.1 Å². The SMILES string of the molecule is COC(=O)NC(C(C)=O)C(C)=O. The molecule has 0 unspecified atom stereocenters. The number of ketones is 2. The molecule has 1 N–H and O–H groups in total. The molecule has 0 saturated carbocycles. The van der Waals surface area contributed by atoms with E-state index in [1.165, 1.54) is 13.8 Å². The number of methoxy groups -OCH3 is 1. The van der Waals surface area contributed by atoms with Crippen LogP contribution >= 0.6 is 0 Å². The van der Waals surface area contributed by atoms with Crippen LogP contribution in [-0.4, -0.2) is 30.8 Å². The average Bonchev–Trinajstić information content (AvgIpc) is 1.98. The Morgan fingerprint density at radius 1 is 1.17 bits per heavy atom. The summed E-state index contributed by atoms with van der Waals surface area (Å²) in [5, 5.41) is 2.11. The van der Waals surface area contributed by atoms with Gasteiger partial charge in [0.25, 0.3) is 0 Å². The van der Waals surface area contributed by atoms with E-state index in [0.29, 0.717) is 0 Å². The van der Waals surface area contributed by atoms with Crippen molar-refractivity contribution in [1.82, 2.24) is 5.32 Å². The largest absolute Gasteiger partial charge is 0.453 e. The van der Waals surface area contributed by atoms with Crippen LogP contribution in [0.5, 0.6) is 0 Å². The number of hydrogen-bond acceptors (Lipinski definition) is 4. The van der Waals surface area contributed by atoms with Crippen molar-refractivity contribution in [3.05, 3.63) is 0 Å². The highest BCUT2D eigenvalue weighted by Gasteiger charge is 2.21. The Morgan fingerprint density at radius 2 is 1.58 bits per heavy atom. The van der Waals surface area contributed by atoms with Crippen molar-refractivity contribution in [2.75, 3.05) is 7.11 Å². The minimum absolute atomic E-state index is 0.409. The predicted octanol–water partition coefficient (Wildman–Crippen LogP) is -0.111. The van der Waals surface area contributed by atoms with Crippen molar-refractivity contribution in [1.29, 1.82) is 0 Å². The monoisotopic (exact) mass is 173 g/mol. The number of carbonyl (C=O) groups is 3. The van der Waals surface area contributed by atoms with Gasteiger partial charge in [-0.05, 0) is 13.8 Å². The number of hydrogen-bond donors (Lipinski definition) is 1. The van der Waals surface area contributed by atoms with Crippen LogP contribution in [0, 0.1) is 0 Å². The third-order valence-electron chi connectivity index (χ3n) is 1.26. The van der Waals surface area contributed by atoms with E-state index in [1.54, 1.807) is 0 Å². The molecule has 0 aromatic rings. The molecular weight excluding hydrogens is 162 g/mol. The van der Waals surface area contributed by atoms with E-state index in [-0.39, 0.29) is 0 Å². The first-order valence-corrected chi connectivity index (χ1v) is 3.34. The Bertz CT molecular complexity index is 197. The lowest BCUT2D eigenvalue weighted by Crippen LogP contribution is -2.44. The van der Waals surface area contributed by atoms with Crippen molar-refractivity contribution in [2.24, 2.45) is 0 Å². The van der Waals surface area contributed by atoms with Crippen LogP contribution in [0.4, 0.5) is 4.79 Å². The Labute approximate surface area is 70.1 Å². The quantitative estimate of drug-likeness (QED) is 0.604. The summed E-state index contributed by atoms with van der Waals surface area (Å²) in [4.78, 5) is 32.1. The lowest BCUT2D eigenvalue weighted by Gasteiger charge is -2.10. The van der Waals surface area contributed by atoms with Crippen molar-refractivity contribution in [3.8, 4) is 0 Å². The Hall–Kier alpha value is -1.39. The molecule has 0 aliphatic rings.